The molecule has 0 atom stereocenters. The van der Waals surface area contributed by atoms with Crippen molar-refractivity contribution in [3.63, 3.8) is 0 Å². The van der Waals surface area contributed by atoms with Gasteiger partial charge in [0.05, 0.1) is 34.1 Å². The van der Waals surface area contributed by atoms with Crippen LogP contribution < -0.4 is 24.4 Å². The lowest BCUT2D eigenvalue weighted by Gasteiger charge is -2.11. The van der Waals surface area contributed by atoms with Gasteiger partial charge in [-0.1, -0.05) is 29.8 Å². The maximum atomic E-state index is 5.92. The summed E-state index contributed by atoms with van der Waals surface area (Å²) in [7, 11) is 4.84. The van der Waals surface area contributed by atoms with Crippen LogP contribution in [0, 0.1) is 0 Å². The van der Waals surface area contributed by atoms with E-state index in [9.17, 15) is 0 Å². The highest BCUT2D eigenvalue weighted by Gasteiger charge is 2.06. The molecule has 0 unspecified atom stereocenters. The fraction of sp³-hybridized carbons (Fsp3) is 0.208. The molecule has 31 heavy (non-hydrogen) atoms. The third-order valence-electron chi connectivity index (χ3n) is 4.53. The van der Waals surface area contributed by atoms with E-state index >= 15 is 0 Å². The van der Waals surface area contributed by atoms with Crippen LogP contribution in [0.15, 0.2) is 65.8 Å². The molecule has 0 aliphatic heterocycles. The standard InChI is InChI=1S/C24H25ClN2O4/c1-28-21-10-6-18(12-23(21)29-2)14-26-27-15-19-7-11-22(24(13-19)30-3)31-16-17-4-8-20(25)9-5-17/h4-13,15,26H,14,16H2,1-3H3/b27-15+. The highest BCUT2D eigenvalue weighted by molar-refractivity contribution is 6.30. The minimum atomic E-state index is 0.424. The average molecular weight is 441 g/mol. The number of halogens is 1. The highest BCUT2D eigenvalue weighted by Crippen LogP contribution is 2.29. The van der Waals surface area contributed by atoms with Gasteiger partial charge in [0.2, 0.25) is 0 Å². The molecule has 0 aromatic heterocycles. The van der Waals surface area contributed by atoms with Crippen molar-refractivity contribution in [3.05, 3.63) is 82.4 Å². The molecule has 0 saturated heterocycles. The second-order valence-electron chi connectivity index (χ2n) is 6.61. The summed E-state index contributed by atoms with van der Waals surface area (Å²) in [5, 5.41) is 4.98. The Balaban J connectivity index is 1.57. The third kappa shape index (κ3) is 6.30. The molecular weight excluding hydrogens is 416 g/mol. The first-order valence-corrected chi connectivity index (χ1v) is 10.0. The summed E-state index contributed by atoms with van der Waals surface area (Å²) in [4.78, 5) is 0. The first-order valence-electron chi connectivity index (χ1n) is 9.65. The van der Waals surface area contributed by atoms with Gasteiger partial charge in [-0.3, -0.25) is 0 Å². The first kappa shape index (κ1) is 22.3. The zero-order valence-electron chi connectivity index (χ0n) is 17.7. The minimum Gasteiger partial charge on any atom is -0.493 e. The van der Waals surface area contributed by atoms with Crippen LogP contribution in [0.3, 0.4) is 0 Å². The van der Waals surface area contributed by atoms with E-state index in [4.69, 9.17) is 30.5 Å². The minimum absolute atomic E-state index is 0.424. The summed E-state index contributed by atoms with van der Waals surface area (Å²) < 4.78 is 21.9. The second kappa shape index (κ2) is 11.1. The van der Waals surface area contributed by atoms with E-state index in [1.807, 2.05) is 60.7 Å². The number of methoxy groups -OCH3 is 3. The van der Waals surface area contributed by atoms with Crippen molar-refractivity contribution in [1.82, 2.24) is 5.43 Å². The van der Waals surface area contributed by atoms with Gasteiger partial charge in [0.1, 0.15) is 6.61 Å². The number of hydrogen-bond donors (Lipinski definition) is 1. The largest absolute Gasteiger partial charge is 0.493 e. The second-order valence-corrected chi connectivity index (χ2v) is 7.04. The van der Waals surface area contributed by atoms with Crippen molar-refractivity contribution >= 4 is 17.8 Å². The molecule has 0 spiro atoms. The molecule has 1 N–H and O–H groups in total. The van der Waals surface area contributed by atoms with Crippen LogP contribution in [0.5, 0.6) is 23.0 Å². The van der Waals surface area contributed by atoms with Crippen molar-refractivity contribution in [3.8, 4) is 23.0 Å². The summed E-state index contributed by atoms with van der Waals surface area (Å²) in [6.07, 6.45) is 1.73. The zero-order chi connectivity index (χ0) is 22.1. The molecule has 0 saturated carbocycles. The molecule has 3 aromatic carbocycles. The lowest BCUT2D eigenvalue weighted by Crippen LogP contribution is -2.06. The Bertz CT molecular complexity index is 1020. The molecule has 3 aromatic rings. The number of nitrogens with one attached hydrogen (secondary N) is 1. The summed E-state index contributed by atoms with van der Waals surface area (Å²) >= 11 is 5.92. The maximum Gasteiger partial charge on any atom is 0.161 e. The lowest BCUT2D eigenvalue weighted by molar-refractivity contribution is 0.284. The first-order chi connectivity index (χ1) is 15.1. The van der Waals surface area contributed by atoms with Crippen LogP contribution in [0.4, 0.5) is 0 Å². The van der Waals surface area contributed by atoms with Crippen LogP contribution in [0.1, 0.15) is 16.7 Å². The van der Waals surface area contributed by atoms with Gasteiger partial charge in [-0.15, -0.1) is 0 Å². The number of rotatable bonds is 10. The van der Waals surface area contributed by atoms with Crippen LogP contribution in [-0.2, 0) is 13.2 Å². The molecular formula is C24H25ClN2O4. The van der Waals surface area contributed by atoms with E-state index in [0.717, 1.165) is 16.7 Å². The molecule has 162 valence electrons. The molecule has 0 heterocycles. The maximum absolute atomic E-state index is 5.92. The zero-order valence-corrected chi connectivity index (χ0v) is 18.5. The number of nitrogens with zero attached hydrogens (tertiary/aromatic N) is 1. The average Bonchev–Trinajstić information content (AvgIpc) is 2.81. The molecule has 0 radical (unpaired) electrons. The van der Waals surface area contributed by atoms with E-state index in [1.165, 1.54) is 0 Å². The van der Waals surface area contributed by atoms with E-state index in [-0.39, 0.29) is 0 Å². The predicted octanol–water partition coefficient (Wildman–Crippen LogP) is 5.07. The fourth-order valence-corrected chi connectivity index (χ4v) is 3.00. The van der Waals surface area contributed by atoms with Crippen molar-refractivity contribution in [1.29, 1.82) is 0 Å². The number of benzene rings is 3. The van der Waals surface area contributed by atoms with Gasteiger partial charge in [-0.25, -0.2) is 0 Å². The molecule has 0 fully saturated rings. The smallest absolute Gasteiger partial charge is 0.161 e. The van der Waals surface area contributed by atoms with E-state index in [0.29, 0.717) is 41.2 Å². The lowest BCUT2D eigenvalue weighted by atomic mass is 10.2. The Morgan fingerprint density at radius 1 is 0.774 bits per heavy atom. The van der Waals surface area contributed by atoms with Gasteiger partial charge in [0, 0.05) is 5.02 Å². The summed E-state index contributed by atoms with van der Waals surface area (Å²) in [6.45, 7) is 0.976. The molecule has 3 rings (SSSR count). The van der Waals surface area contributed by atoms with Crippen molar-refractivity contribution in [2.75, 3.05) is 21.3 Å². The van der Waals surface area contributed by atoms with Crippen molar-refractivity contribution in [2.45, 2.75) is 13.2 Å². The Labute approximate surface area is 187 Å². The number of hydrazone groups is 1. The van der Waals surface area contributed by atoms with Gasteiger partial charge >= 0.3 is 0 Å². The monoisotopic (exact) mass is 440 g/mol. The number of hydrogen-bond acceptors (Lipinski definition) is 6. The molecule has 7 heteroatoms. The van der Waals surface area contributed by atoms with E-state index < -0.39 is 0 Å². The Morgan fingerprint density at radius 3 is 2.13 bits per heavy atom. The van der Waals surface area contributed by atoms with Crippen LogP contribution >= 0.6 is 11.6 Å². The third-order valence-corrected chi connectivity index (χ3v) is 4.78. The molecule has 0 bridgehead atoms. The Hall–Kier alpha value is -3.38. The Kier molecular flexibility index (Phi) is 8.01. The molecule has 0 aliphatic carbocycles. The van der Waals surface area contributed by atoms with Gasteiger partial charge < -0.3 is 24.4 Å². The molecule has 0 amide bonds. The Morgan fingerprint density at radius 2 is 1.42 bits per heavy atom. The number of ether oxygens (including phenoxy) is 4. The fourth-order valence-electron chi connectivity index (χ4n) is 2.87. The van der Waals surface area contributed by atoms with Crippen molar-refractivity contribution in [2.24, 2.45) is 5.10 Å². The van der Waals surface area contributed by atoms with Crippen LogP contribution in [0.2, 0.25) is 5.02 Å². The van der Waals surface area contributed by atoms with Gasteiger partial charge in [-0.05, 0) is 59.2 Å². The van der Waals surface area contributed by atoms with E-state index in [2.05, 4.69) is 10.5 Å². The van der Waals surface area contributed by atoms with E-state index in [1.54, 1.807) is 27.5 Å². The topological polar surface area (TPSA) is 61.3 Å². The van der Waals surface area contributed by atoms with Gasteiger partial charge in [0.15, 0.2) is 23.0 Å². The highest BCUT2D eigenvalue weighted by atomic mass is 35.5. The molecule has 6 nitrogen and oxygen atoms in total. The van der Waals surface area contributed by atoms with Gasteiger partial charge in [-0.2, -0.15) is 5.10 Å². The normalized spacial score (nSPS) is 10.7. The predicted molar refractivity (Wildman–Crippen MR) is 123 cm³/mol. The SMILES string of the molecule is COc1ccc(CN/N=C/c2ccc(OCc3ccc(Cl)cc3)c(OC)c2)cc1OC. The van der Waals surface area contributed by atoms with Crippen molar-refractivity contribution < 1.29 is 18.9 Å². The summed E-state index contributed by atoms with van der Waals surface area (Å²) in [5.41, 5.74) is 5.97. The summed E-state index contributed by atoms with van der Waals surface area (Å²) in [6, 6.07) is 18.9. The van der Waals surface area contributed by atoms with Crippen LogP contribution in [-0.4, -0.2) is 27.5 Å². The van der Waals surface area contributed by atoms with Crippen LogP contribution in [0.25, 0.3) is 0 Å². The van der Waals surface area contributed by atoms with Gasteiger partial charge in [0.25, 0.3) is 0 Å². The summed E-state index contributed by atoms with van der Waals surface area (Å²) in [5.74, 6) is 2.68. The molecule has 0 aliphatic rings. The quantitative estimate of drug-likeness (QED) is 0.352.